The maximum absolute atomic E-state index is 14.0. The van der Waals surface area contributed by atoms with Gasteiger partial charge in [0, 0.05) is 0 Å². The van der Waals surface area contributed by atoms with E-state index in [0.29, 0.717) is 51.4 Å². The number of carboxylic acids is 2. The normalized spacial score (nSPS) is 27.3. The Hall–Kier alpha value is -1.92. The van der Waals surface area contributed by atoms with Crippen LogP contribution in [-0.2, 0) is 23.9 Å². The molecule has 0 aromatic carbocycles. The fraction of sp³-hybridized carbons (Fsp3) is 0.857. The van der Waals surface area contributed by atoms with Crippen molar-refractivity contribution >= 4 is 23.9 Å². The minimum absolute atomic E-state index is 0.419. The first-order valence-corrected chi connectivity index (χ1v) is 14.0. The highest BCUT2D eigenvalue weighted by molar-refractivity contribution is 5.97. The van der Waals surface area contributed by atoms with Crippen molar-refractivity contribution in [2.24, 2.45) is 21.7 Å². The highest BCUT2D eigenvalue weighted by Gasteiger charge is 2.65. The molecule has 7 heteroatoms. The van der Waals surface area contributed by atoms with E-state index in [2.05, 4.69) is 0 Å². The zero-order chi connectivity index (χ0) is 25.2. The van der Waals surface area contributed by atoms with E-state index in [1.54, 1.807) is 0 Å². The van der Waals surface area contributed by atoms with Gasteiger partial charge in [0.15, 0.2) is 0 Å². The SMILES string of the molecule is O=C(O)C1(C2(C(=O)OC(=O)C3(C4(C(=O)O)CCCCC4)CCCCC3)CCCCC2)CCCCC1. The molecule has 35 heavy (non-hydrogen) atoms. The molecule has 0 unspecified atom stereocenters. The lowest BCUT2D eigenvalue weighted by Gasteiger charge is -2.52. The monoisotopic (exact) mass is 490 g/mol. The first-order valence-electron chi connectivity index (χ1n) is 14.0. The largest absolute Gasteiger partial charge is 0.481 e. The summed E-state index contributed by atoms with van der Waals surface area (Å²) >= 11 is 0. The predicted octanol–water partition coefficient (Wildman–Crippen LogP) is 6.03. The Morgan fingerprint density at radius 3 is 0.857 bits per heavy atom. The molecule has 0 aliphatic heterocycles. The van der Waals surface area contributed by atoms with Crippen LogP contribution in [0, 0.1) is 21.7 Å². The highest BCUT2D eigenvalue weighted by Crippen LogP contribution is 2.60. The van der Waals surface area contributed by atoms with E-state index in [4.69, 9.17) is 4.74 Å². The Balaban J connectivity index is 1.70. The van der Waals surface area contributed by atoms with Crippen LogP contribution in [0.2, 0.25) is 0 Å². The minimum Gasteiger partial charge on any atom is -0.481 e. The Morgan fingerprint density at radius 2 is 0.629 bits per heavy atom. The predicted molar refractivity (Wildman–Crippen MR) is 128 cm³/mol. The van der Waals surface area contributed by atoms with E-state index in [9.17, 15) is 29.4 Å². The number of hydrogen-bond acceptors (Lipinski definition) is 5. The van der Waals surface area contributed by atoms with Crippen molar-refractivity contribution in [1.29, 1.82) is 0 Å². The van der Waals surface area contributed by atoms with Crippen LogP contribution in [0.4, 0.5) is 0 Å². The van der Waals surface area contributed by atoms with Crippen LogP contribution in [0.25, 0.3) is 0 Å². The zero-order valence-corrected chi connectivity index (χ0v) is 21.1. The van der Waals surface area contributed by atoms with Gasteiger partial charge in [0.1, 0.15) is 0 Å². The fourth-order valence-electron chi connectivity index (χ4n) is 8.45. The molecular weight excluding hydrogens is 448 g/mol. The van der Waals surface area contributed by atoms with E-state index >= 15 is 0 Å². The van der Waals surface area contributed by atoms with Crippen molar-refractivity contribution in [3.63, 3.8) is 0 Å². The lowest BCUT2D eigenvalue weighted by Crippen LogP contribution is -2.58. The third-order valence-corrected chi connectivity index (χ3v) is 10.4. The van der Waals surface area contributed by atoms with Gasteiger partial charge >= 0.3 is 23.9 Å². The van der Waals surface area contributed by atoms with Crippen molar-refractivity contribution in [1.82, 2.24) is 0 Å². The number of ether oxygens (including phenoxy) is 1. The van der Waals surface area contributed by atoms with Gasteiger partial charge in [0.05, 0.1) is 21.7 Å². The Morgan fingerprint density at radius 1 is 0.400 bits per heavy atom. The molecule has 0 heterocycles. The van der Waals surface area contributed by atoms with Gasteiger partial charge in [-0.2, -0.15) is 0 Å². The van der Waals surface area contributed by atoms with Gasteiger partial charge < -0.3 is 14.9 Å². The van der Waals surface area contributed by atoms with Crippen molar-refractivity contribution < 1.29 is 34.1 Å². The lowest BCUT2D eigenvalue weighted by molar-refractivity contribution is -0.201. The third kappa shape index (κ3) is 4.11. The average molecular weight is 491 g/mol. The second kappa shape index (κ2) is 10.2. The van der Waals surface area contributed by atoms with Crippen molar-refractivity contribution in [2.75, 3.05) is 0 Å². The Kier molecular flexibility index (Phi) is 7.63. The fourth-order valence-corrected chi connectivity index (χ4v) is 8.45. The van der Waals surface area contributed by atoms with Crippen LogP contribution in [0.3, 0.4) is 0 Å². The molecule has 0 saturated heterocycles. The number of carboxylic acid groups (broad SMARTS) is 2. The molecule has 0 radical (unpaired) electrons. The third-order valence-electron chi connectivity index (χ3n) is 10.4. The van der Waals surface area contributed by atoms with Crippen LogP contribution in [0.5, 0.6) is 0 Å². The summed E-state index contributed by atoms with van der Waals surface area (Å²) in [6, 6.07) is 0. The van der Waals surface area contributed by atoms with Gasteiger partial charge in [-0.15, -0.1) is 0 Å². The van der Waals surface area contributed by atoms with Gasteiger partial charge in [-0.05, 0) is 51.4 Å². The molecule has 7 nitrogen and oxygen atoms in total. The first kappa shape index (κ1) is 26.2. The molecular formula is C28H42O7. The van der Waals surface area contributed by atoms with E-state index in [0.717, 1.165) is 77.0 Å². The Labute approximate surface area is 208 Å². The summed E-state index contributed by atoms with van der Waals surface area (Å²) in [5, 5.41) is 20.9. The van der Waals surface area contributed by atoms with Gasteiger partial charge in [-0.3, -0.25) is 19.2 Å². The summed E-state index contributed by atoms with van der Waals surface area (Å²) in [4.78, 5) is 53.6. The highest BCUT2D eigenvalue weighted by atomic mass is 16.6. The topological polar surface area (TPSA) is 118 Å². The number of esters is 2. The van der Waals surface area contributed by atoms with Gasteiger partial charge in [0.2, 0.25) is 0 Å². The van der Waals surface area contributed by atoms with E-state index in [1.165, 1.54) is 0 Å². The zero-order valence-electron chi connectivity index (χ0n) is 21.1. The molecule has 0 bridgehead atoms. The standard InChI is InChI=1S/C28H42O7/c29-21(30)25(13-5-1-6-14-25)27(17-9-3-10-18-27)23(33)35-24(34)28(19-11-4-12-20-28)26(22(31)32)15-7-2-8-16-26/h1-20H2,(H,29,30)(H,31,32). The summed E-state index contributed by atoms with van der Waals surface area (Å²) in [6.45, 7) is 0. The van der Waals surface area contributed by atoms with Gasteiger partial charge in [-0.25, -0.2) is 0 Å². The first-order chi connectivity index (χ1) is 16.8. The van der Waals surface area contributed by atoms with Crippen LogP contribution in [0.1, 0.15) is 128 Å². The van der Waals surface area contributed by atoms with E-state index in [-0.39, 0.29) is 0 Å². The van der Waals surface area contributed by atoms with Crippen molar-refractivity contribution in [3.05, 3.63) is 0 Å². The number of carbonyl (C=O) groups is 4. The summed E-state index contributed by atoms with van der Waals surface area (Å²) in [6.07, 6.45) is 13.1. The lowest BCUT2D eigenvalue weighted by atomic mass is 9.51. The van der Waals surface area contributed by atoms with E-state index in [1.807, 2.05) is 0 Å². The molecule has 0 aromatic rings. The average Bonchev–Trinajstić information content (AvgIpc) is 2.89. The van der Waals surface area contributed by atoms with Gasteiger partial charge in [-0.1, -0.05) is 77.0 Å². The van der Waals surface area contributed by atoms with Crippen LogP contribution < -0.4 is 0 Å². The maximum atomic E-state index is 14.0. The molecule has 196 valence electrons. The quantitative estimate of drug-likeness (QED) is 0.345. The van der Waals surface area contributed by atoms with Crippen molar-refractivity contribution in [2.45, 2.75) is 128 Å². The molecule has 0 spiro atoms. The number of carbonyl (C=O) groups excluding carboxylic acids is 2. The summed E-state index contributed by atoms with van der Waals surface area (Å²) in [5.74, 6) is -3.31. The van der Waals surface area contributed by atoms with Gasteiger partial charge in [0.25, 0.3) is 0 Å². The molecule has 4 fully saturated rings. The number of hydrogen-bond donors (Lipinski definition) is 2. The molecule has 4 rings (SSSR count). The maximum Gasteiger partial charge on any atom is 0.320 e. The second-order valence-electron chi connectivity index (χ2n) is 11.9. The van der Waals surface area contributed by atoms with Crippen molar-refractivity contribution in [3.8, 4) is 0 Å². The number of aliphatic carboxylic acids is 2. The second-order valence-corrected chi connectivity index (χ2v) is 11.9. The summed E-state index contributed by atoms with van der Waals surface area (Å²) in [7, 11) is 0. The van der Waals surface area contributed by atoms with Crippen LogP contribution >= 0.6 is 0 Å². The smallest absolute Gasteiger partial charge is 0.320 e. The molecule has 4 aliphatic rings. The molecule has 0 amide bonds. The molecule has 2 N–H and O–H groups in total. The van der Waals surface area contributed by atoms with E-state index < -0.39 is 45.5 Å². The molecule has 0 aromatic heterocycles. The molecule has 0 atom stereocenters. The van der Waals surface area contributed by atoms with Crippen LogP contribution in [0.15, 0.2) is 0 Å². The minimum atomic E-state index is -1.22. The van der Waals surface area contributed by atoms with Crippen LogP contribution in [-0.4, -0.2) is 34.1 Å². The summed E-state index contributed by atoms with van der Waals surface area (Å²) < 4.78 is 5.79. The summed E-state index contributed by atoms with van der Waals surface area (Å²) in [5.41, 5.74) is -4.85. The Bertz CT molecular complexity index is 752. The molecule has 4 aliphatic carbocycles. The number of rotatable bonds is 6. The molecule has 4 saturated carbocycles.